The Labute approximate surface area is 540 Å². The van der Waals surface area contributed by atoms with Crippen molar-refractivity contribution in [2.75, 3.05) is 9.80 Å². The number of para-hydroxylation sites is 6. The third kappa shape index (κ3) is 6.60. The van der Waals surface area contributed by atoms with Crippen molar-refractivity contribution < 1.29 is 59.6 Å². The Bertz CT molecular complexity index is 7330. The molecule has 0 atom stereocenters. The summed E-state index contributed by atoms with van der Waals surface area (Å²) < 4.78 is 378. The first-order valence-electron chi connectivity index (χ1n) is 44.7. The maximum Gasteiger partial charge on any atom is 0.252 e. The van der Waals surface area contributed by atoms with Crippen LogP contribution in [0.2, 0.25) is 0 Å². The molecule has 0 saturated heterocycles. The molecule has 2 aliphatic rings. The molecule has 0 N–H and O–H groups in total. The van der Waals surface area contributed by atoms with E-state index in [0.717, 1.165) is 9.80 Å². The molecule has 0 saturated carbocycles. The third-order valence-electron chi connectivity index (χ3n) is 15.4. The topological polar surface area (TPSA) is 42.6 Å². The molecule has 0 aliphatic carbocycles. The normalized spacial score (nSPS) is 19.0. The fourth-order valence-electron chi connectivity index (χ4n) is 11.9. The summed E-state index contributed by atoms with van der Waals surface area (Å²) in [4.78, 5) is 1.63. The van der Waals surface area contributed by atoms with Gasteiger partial charge in [0.2, 0.25) is 0 Å². The van der Waals surface area contributed by atoms with Gasteiger partial charge in [-0.1, -0.05) is 188 Å². The average molecular weight is 1120 g/mol. The van der Waals surface area contributed by atoms with E-state index in [4.69, 9.17) is 25.3 Å². The number of nitrogens with zero attached hydrogens (tertiary/aromatic N) is 4. The molecule has 85 heavy (non-hydrogen) atoms. The van der Waals surface area contributed by atoms with Crippen molar-refractivity contribution >= 4 is 145 Å². The first-order chi connectivity index (χ1) is 57.6. The number of aromatic nitrogens is 2. The highest BCUT2D eigenvalue weighted by Gasteiger charge is 2.45. The lowest BCUT2D eigenvalue weighted by Crippen LogP contribution is -2.61. The number of anilines is 6. The second kappa shape index (κ2) is 17.6. The molecule has 0 unspecified atom stereocenters. The van der Waals surface area contributed by atoms with Crippen molar-refractivity contribution in [1.82, 2.24) is 9.13 Å². The minimum atomic E-state index is -2.40. The van der Waals surface area contributed by atoms with Gasteiger partial charge in [0, 0.05) is 77.2 Å². The van der Waals surface area contributed by atoms with Crippen molar-refractivity contribution in [2.24, 2.45) is 0 Å². The molecule has 19 rings (SSSR count). The van der Waals surface area contributed by atoms with Crippen LogP contribution in [0.1, 0.15) is 50.7 Å². The average Bonchev–Trinajstić information content (AvgIpc) is 0.912. The molecule has 0 radical (unpaired) electrons. The Balaban J connectivity index is 1.11. The number of hydrogen-bond donors (Lipinski definition) is 0. The minimum absolute atomic E-state index is 0.0107. The third-order valence-corrected chi connectivity index (χ3v) is 15.4. The lowest BCUT2D eigenvalue weighted by molar-refractivity contribution is 0.669. The van der Waals surface area contributed by atoms with Gasteiger partial charge in [0.25, 0.3) is 6.71 Å². The zero-order valence-electron chi connectivity index (χ0n) is 80.0. The van der Waals surface area contributed by atoms with Crippen molar-refractivity contribution in [2.45, 2.75) is 0 Å². The van der Waals surface area contributed by atoms with Gasteiger partial charge in [0.1, 0.15) is 11.2 Å². The van der Waals surface area contributed by atoms with Gasteiger partial charge < -0.3 is 27.8 Å². The molecule has 2 aliphatic heterocycles. The summed E-state index contributed by atoms with van der Waals surface area (Å²) in [6.07, 6.45) is 0. The van der Waals surface area contributed by atoms with Gasteiger partial charge in [0.15, 0.2) is 11.2 Å². The van der Waals surface area contributed by atoms with Gasteiger partial charge in [-0.05, 0) is 135 Å². The van der Waals surface area contributed by atoms with E-state index in [0.29, 0.717) is 9.13 Å². The van der Waals surface area contributed by atoms with E-state index in [-0.39, 0.29) is 11.1 Å². The highest BCUT2D eigenvalue weighted by Crippen LogP contribution is 2.51. The SMILES string of the molecule is [2H]c1c([2H])c2c3c(c1[2H])N(c1c([2H])c(-c4ccccc4)c([2H])c4c1oc1c([2H])c([2H])c([2H])c([2H])c14)c1c([2H])c(-n4c5c([2H])c([2H])c([2H])c([2H])c5c5c([2H])c([2H])c([2H])c([2H])c54)c([2H])c([2H])c1B3c1c([2H])c([2H])c(-n3c4c([2H])c([2H])c([2H])c([2H])c4c4c([2H])c([2H])c([2H])c([2H])c43)c([2H])c1N2c1c([2H])c(-c2ccccc2)c([2H])c2c1oc1c([2H])c([2H])c([2H])c([2H])c12. The first-order valence-corrected chi connectivity index (χ1v) is 26.2. The van der Waals surface area contributed by atoms with E-state index in [9.17, 15) is 34.3 Å². The highest BCUT2D eigenvalue weighted by atomic mass is 16.3. The summed E-state index contributed by atoms with van der Waals surface area (Å²) in [5, 5.41) is -4.53. The van der Waals surface area contributed by atoms with Crippen molar-refractivity contribution in [1.29, 1.82) is 0 Å². The largest absolute Gasteiger partial charge is 0.454 e. The molecule has 17 aromatic rings. The summed E-state index contributed by atoms with van der Waals surface area (Å²) in [5.74, 6) is 0. The molecule has 0 amide bonds. The van der Waals surface area contributed by atoms with Gasteiger partial charge >= 0.3 is 0 Å². The monoisotopic (exact) mass is 1120 g/mol. The summed E-state index contributed by atoms with van der Waals surface area (Å²) in [7, 11) is 0. The van der Waals surface area contributed by atoms with Crippen LogP contribution in [0.3, 0.4) is 0 Å². The quantitative estimate of drug-likeness (QED) is 0.156. The van der Waals surface area contributed by atoms with Crippen molar-refractivity contribution in [3.8, 4) is 33.6 Å². The minimum Gasteiger partial charge on any atom is -0.454 e. The van der Waals surface area contributed by atoms with Crippen molar-refractivity contribution in [3.63, 3.8) is 0 Å². The molecule has 0 fully saturated rings. The maximum atomic E-state index is 11.3. The van der Waals surface area contributed by atoms with E-state index >= 15 is 0 Å². The predicted molar refractivity (Wildman–Crippen MR) is 355 cm³/mol. The van der Waals surface area contributed by atoms with Gasteiger partial charge in [0.05, 0.1) is 84.2 Å². The zero-order valence-corrected chi connectivity index (χ0v) is 43.0. The fraction of sp³-hybridized carbons (Fsp3) is 0. The van der Waals surface area contributed by atoms with Gasteiger partial charge in [-0.25, -0.2) is 0 Å². The van der Waals surface area contributed by atoms with E-state index in [1.165, 1.54) is 48.5 Å². The van der Waals surface area contributed by atoms with Crippen LogP contribution in [0.25, 0.3) is 121 Å². The lowest BCUT2D eigenvalue weighted by Gasteiger charge is -2.44. The Morgan fingerprint density at radius 3 is 1.08 bits per heavy atom. The molecular weight excluding hydrogens is 1040 g/mol. The second-order valence-corrected chi connectivity index (χ2v) is 19.8. The standard InChI is InChI=1S/C78H47BN4O2/c1-3-20-48(21-4-1)50-42-60-58-28-11-17-36-74(58)84-77(60)72(44-50)82-68-34-19-35-69-76(68)79(62-40-38-52(46-70(62)82)80-64-30-13-7-24-54(64)55-25-8-14-31-65(55)80)63-41-39-53(81-66-32-15-9-26-56(66)57-27-10-16-33-67(57)81)47-71(63)83(69)73-45-51(49-22-5-2-6-23-49)43-61-59-29-12-18-37-75(59)85-78(61)73/h1-47H/i7D,8D,9D,10D,11D,12D,13D,14D,15D,16D,17D,18D,19D,24D,25D,26D,27D,28D,29D,30D,31D,32D,33D,34D,35D,36D,37D,38D,39D,40D,41D,42D,43D,44D,45D,46D,47D. The number of fused-ring (bicyclic) bond motifs is 16. The number of hydrogen-bond acceptors (Lipinski definition) is 4. The smallest absolute Gasteiger partial charge is 0.252 e. The zero-order chi connectivity index (χ0) is 87.6. The summed E-state index contributed by atoms with van der Waals surface area (Å²) >= 11 is 0. The predicted octanol–water partition coefficient (Wildman–Crippen LogP) is 19.1. The van der Waals surface area contributed by atoms with Crippen LogP contribution in [-0.4, -0.2) is 15.8 Å². The summed E-state index contributed by atoms with van der Waals surface area (Å²) in [5.41, 5.74) is -16.4. The van der Waals surface area contributed by atoms with E-state index in [1.807, 2.05) is 0 Å². The Kier molecular flexibility index (Phi) is 4.88. The molecule has 6 nitrogen and oxygen atoms in total. The first kappa shape index (κ1) is 23.5. The van der Waals surface area contributed by atoms with Gasteiger partial charge in [-0.3, -0.25) is 0 Å². The number of benzene rings is 13. The van der Waals surface area contributed by atoms with E-state index < -0.39 is 391 Å². The van der Waals surface area contributed by atoms with Crippen LogP contribution in [0, 0.1) is 0 Å². The van der Waals surface area contributed by atoms with Crippen LogP contribution in [0.15, 0.2) is 293 Å². The van der Waals surface area contributed by atoms with Crippen LogP contribution in [0.5, 0.6) is 0 Å². The van der Waals surface area contributed by atoms with Gasteiger partial charge in [-0.15, -0.1) is 0 Å². The molecular formula is C78H47BN4O2. The van der Waals surface area contributed by atoms with Crippen LogP contribution < -0.4 is 26.2 Å². The van der Waals surface area contributed by atoms with Crippen LogP contribution in [0.4, 0.5) is 34.1 Å². The van der Waals surface area contributed by atoms with Crippen LogP contribution >= 0.6 is 0 Å². The Morgan fingerprint density at radius 1 is 0.294 bits per heavy atom. The molecule has 7 heteroatoms. The fourth-order valence-corrected chi connectivity index (χ4v) is 11.9. The highest BCUT2D eigenvalue weighted by molar-refractivity contribution is 7.00. The van der Waals surface area contributed by atoms with E-state index in [1.54, 1.807) is 12.1 Å². The second-order valence-electron chi connectivity index (χ2n) is 19.8. The van der Waals surface area contributed by atoms with Gasteiger partial charge in [-0.2, -0.15) is 0 Å². The summed E-state index contributed by atoms with van der Waals surface area (Å²) in [6.45, 7) is -2.40. The Morgan fingerprint density at radius 2 is 0.671 bits per heavy atom. The van der Waals surface area contributed by atoms with Crippen molar-refractivity contribution in [3.05, 3.63) is 284 Å². The Hall–Kier alpha value is -11.3. The number of rotatable bonds is 6. The number of furan rings is 2. The molecule has 0 spiro atoms. The maximum absolute atomic E-state index is 11.3. The molecule has 6 heterocycles. The van der Waals surface area contributed by atoms with E-state index in [2.05, 4.69) is 0 Å². The summed E-state index contributed by atoms with van der Waals surface area (Å²) in [6, 6.07) is -21.2. The van der Waals surface area contributed by atoms with Crippen LogP contribution in [-0.2, 0) is 0 Å². The lowest BCUT2D eigenvalue weighted by atomic mass is 9.33. The molecule has 0 bridgehead atoms. The molecule has 4 aromatic heterocycles. The molecule has 394 valence electrons. The molecule has 13 aromatic carbocycles.